The first kappa shape index (κ1) is 16.7. The molecule has 3 N–H and O–H groups in total. The number of benzene rings is 1. The van der Waals surface area contributed by atoms with E-state index >= 15 is 0 Å². The van der Waals surface area contributed by atoms with Gasteiger partial charge in [0, 0.05) is 12.6 Å². The van der Waals surface area contributed by atoms with Gasteiger partial charge in [-0.2, -0.15) is 0 Å². The lowest BCUT2D eigenvalue weighted by atomic mass is 10.1. The molecule has 0 heterocycles. The molecule has 0 bridgehead atoms. The number of nitrogens with two attached hydrogens (primary N) is 1. The van der Waals surface area contributed by atoms with Crippen molar-refractivity contribution in [2.45, 2.75) is 38.6 Å². The van der Waals surface area contributed by atoms with Gasteiger partial charge in [-0.15, -0.1) is 0 Å². The average Bonchev–Trinajstić information content (AvgIpc) is 2.49. The highest BCUT2D eigenvalue weighted by Gasteiger charge is 2.09. The lowest BCUT2D eigenvalue weighted by Gasteiger charge is -2.16. The molecule has 0 spiro atoms. The number of hydrogen-bond acceptors (Lipinski definition) is 3. The Morgan fingerprint density at radius 1 is 1.35 bits per heavy atom. The lowest BCUT2D eigenvalue weighted by Crippen LogP contribution is -2.41. The molecular weight excluding hydrogens is 252 g/mol. The van der Waals surface area contributed by atoms with Gasteiger partial charge in [-0.05, 0) is 18.4 Å². The molecule has 4 heteroatoms. The van der Waals surface area contributed by atoms with Crippen molar-refractivity contribution in [3.8, 4) is 0 Å². The van der Waals surface area contributed by atoms with Gasteiger partial charge in [0.15, 0.2) is 0 Å². The van der Waals surface area contributed by atoms with Crippen LogP contribution in [0.1, 0.15) is 31.7 Å². The van der Waals surface area contributed by atoms with Gasteiger partial charge in [-0.3, -0.25) is 4.79 Å². The van der Waals surface area contributed by atoms with Crippen LogP contribution in [0, 0.1) is 0 Å². The van der Waals surface area contributed by atoms with Crippen molar-refractivity contribution in [2.24, 2.45) is 5.73 Å². The second-order valence-electron chi connectivity index (χ2n) is 4.93. The van der Waals surface area contributed by atoms with E-state index in [-0.39, 0.29) is 18.6 Å². The first-order valence-electron chi connectivity index (χ1n) is 7.37. The van der Waals surface area contributed by atoms with E-state index < -0.39 is 0 Å². The Balaban J connectivity index is 2.13. The molecule has 0 aliphatic carbocycles. The molecule has 0 aliphatic rings. The largest absolute Gasteiger partial charge is 0.371 e. The molecule has 20 heavy (non-hydrogen) atoms. The quantitative estimate of drug-likeness (QED) is 0.642. The minimum absolute atomic E-state index is 0.0696. The Bertz CT molecular complexity index is 368. The maximum atomic E-state index is 11.7. The zero-order valence-electron chi connectivity index (χ0n) is 12.3. The smallest absolute Gasteiger partial charge is 0.246 e. The van der Waals surface area contributed by atoms with Gasteiger partial charge < -0.3 is 15.8 Å². The molecule has 1 aromatic carbocycles. The SMILES string of the molecule is CCCCC(CN)NC(=O)COCCc1ccccc1. The van der Waals surface area contributed by atoms with E-state index in [4.69, 9.17) is 10.5 Å². The Labute approximate surface area is 121 Å². The summed E-state index contributed by atoms with van der Waals surface area (Å²) in [6.07, 6.45) is 3.95. The summed E-state index contributed by atoms with van der Waals surface area (Å²) >= 11 is 0. The molecule has 4 nitrogen and oxygen atoms in total. The number of hydrogen-bond donors (Lipinski definition) is 2. The molecule has 0 aliphatic heterocycles. The first-order chi connectivity index (χ1) is 9.76. The van der Waals surface area contributed by atoms with Crippen LogP contribution in [0.5, 0.6) is 0 Å². The van der Waals surface area contributed by atoms with E-state index in [1.165, 1.54) is 5.56 Å². The standard InChI is InChI=1S/C16H26N2O2/c1-2-3-9-15(12-17)18-16(19)13-20-11-10-14-7-5-4-6-8-14/h4-8,15H,2-3,9-13,17H2,1H3,(H,18,19). The van der Waals surface area contributed by atoms with Gasteiger partial charge in [0.25, 0.3) is 0 Å². The normalized spacial score (nSPS) is 12.1. The summed E-state index contributed by atoms with van der Waals surface area (Å²) in [5, 5.41) is 2.91. The van der Waals surface area contributed by atoms with Gasteiger partial charge >= 0.3 is 0 Å². The minimum Gasteiger partial charge on any atom is -0.371 e. The number of carbonyl (C=O) groups is 1. The van der Waals surface area contributed by atoms with Crippen LogP contribution in [0.25, 0.3) is 0 Å². The van der Waals surface area contributed by atoms with Gasteiger partial charge in [0.05, 0.1) is 6.61 Å². The predicted octanol–water partition coefficient (Wildman–Crippen LogP) is 1.88. The van der Waals surface area contributed by atoms with Gasteiger partial charge in [0.2, 0.25) is 5.91 Å². The molecule has 112 valence electrons. The highest BCUT2D eigenvalue weighted by molar-refractivity contribution is 5.77. The first-order valence-corrected chi connectivity index (χ1v) is 7.37. The van der Waals surface area contributed by atoms with Crippen LogP contribution < -0.4 is 11.1 Å². The number of amides is 1. The van der Waals surface area contributed by atoms with Crippen LogP contribution in [0.4, 0.5) is 0 Å². The summed E-state index contributed by atoms with van der Waals surface area (Å²) in [6.45, 7) is 3.27. The van der Waals surface area contributed by atoms with Crippen molar-refractivity contribution in [1.82, 2.24) is 5.32 Å². The van der Waals surface area contributed by atoms with Gasteiger partial charge in [-0.1, -0.05) is 50.1 Å². The van der Waals surface area contributed by atoms with Crippen molar-refractivity contribution in [3.05, 3.63) is 35.9 Å². The highest BCUT2D eigenvalue weighted by atomic mass is 16.5. The van der Waals surface area contributed by atoms with Crippen LogP contribution in [-0.2, 0) is 16.0 Å². The molecular formula is C16H26N2O2. The summed E-state index contributed by atoms with van der Waals surface area (Å²) in [6, 6.07) is 10.2. The third kappa shape index (κ3) is 7.26. The van der Waals surface area contributed by atoms with Crippen LogP contribution in [0.2, 0.25) is 0 Å². The fraction of sp³-hybridized carbons (Fsp3) is 0.562. The summed E-state index contributed by atoms with van der Waals surface area (Å²) < 4.78 is 5.40. The molecule has 0 radical (unpaired) electrons. The number of carbonyl (C=O) groups excluding carboxylic acids is 1. The summed E-state index contributed by atoms with van der Waals surface area (Å²) in [7, 11) is 0. The van der Waals surface area contributed by atoms with Crippen LogP contribution >= 0.6 is 0 Å². The second kappa shape index (κ2) is 10.4. The molecule has 0 saturated heterocycles. The molecule has 1 aromatic rings. The van der Waals surface area contributed by atoms with Crippen molar-refractivity contribution in [3.63, 3.8) is 0 Å². The fourth-order valence-corrected chi connectivity index (χ4v) is 1.97. The topological polar surface area (TPSA) is 64.3 Å². The van der Waals surface area contributed by atoms with E-state index in [1.54, 1.807) is 0 Å². The van der Waals surface area contributed by atoms with Gasteiger partial charge in [0.1, 0.15) is 6.61 Å². The van der Waals surface area contributed by atoms with Crippen LogP contribution in [0.3, 0.4) is 0 Å². The van der Waals surface area contributed by atoms with Crippen molar-refractivity contribution in [2.75, 3.05) is 19.8 Å². The maximum Gasteiger partial charge on any atom is 0.246 e. The Morgan fingerprint density at radius 2 is 2.10 bits per heavy atom. The molecule has 0 saturated carbocycles. The fourth-order valence-electron chi connectivity index (χ4n) is 1.97. The van der Waals surface area contributed by atoms with Crippen molar-refractivity contribution in [1.29, 1.82) is 0 Å². The molecule has 0 fully saturated rings. The third-order valence-corrected chi connectivity index (χ3v) is 3.17. The van der Waals surface area contributed by atoms with E-state index in [9.17, 15) is 4.79 Å². The average molecular weight is 278 g/mol. The lowest BCUT2D eigenvalue weighted by molar-refractivity contribution is -0.126. The maximum absolute atomic E-state index is 11.7. The summed E-state index contributed by atoms with van der Waals surface area (Å²) in [5.41, 5.74) is 6.86. The zero-order chi connectivity index (χ0) is 14.6. The summed E-state index contributed by atoms with van der Waals surface area (Å²) in [5.74, 6) is -0.0791. The monoisotopic (exact) mass is 278 g/mol. The number of unbranched alkanes of at least 4 members (excludes halogenated alkanes) is 1. The Morgan fingerprint density at radius 3 is 2.75 bits per heavy atom. The van der Waals surface area contributed by atoms with Crippen molar-refractivity contribution < 1.29 is 9.53 Å². The van der Waals surface area contributed by atoms with Crippen molar-refractivity contribution >= 4 is 5.91 Å². The minimum atomic E-state index is -0.0791. The third-order valence-electron chi connectivity index (χ3n) is 3.17. The van der Waals surface area contributed by atoms with Gasteiger partial charge in [-0.25, -0.2) is 0 Å². The van der Waals surface area contributed by atoms with E-state index in [0.717, 1.165) is 25.7 Å². The Hall–Kier alpha value is -1.39. The number of rotatable bonds is 10. The predicted molar refractivity (Wildman–Crippen MR) is 81.5 cm³/mol. The summed E-state index contributed by atoms with van der Waals surface area (Å²) in [4.78, 5) is 11.7. The number of nitrogens with one attached hydrogen (secondary N) is 1. The van der Waals surface area contributed by atoms with Crippen LogP contribution in [0.15, 0.2) is 30.3 Å². The molecule has 1 atom stereocenters. The molecule has 1 amide bonds. The number of ether oxygens (including phenoxy) is 1. The molecule has 1 unspecified atom stereocenters. The second-order valence-corrected chi connectivity index (χ2v) is 4.93. The Kier molecular flexibility index (Phi) is 8.67. The molecule has 1 rings (SSSR count). The highest BCUT2D eigenvalue weighted by Crippen LogP contribution is 2.00. The zero-order valence-corrected chi connectivity index (χ0v) is 12.3. The molecule has 0 aromatic heterocycles. The van der Waals surface area contributed by atoms with Crippen LogP contribution in [-0.4, -0.2) is 31.7 Å². The van der Waals surface area contributed by atoms with E-state index in [0.29, 0.717) is 13.2 Å². The van der Waals surface area contributed by atoms with E-state index in [2.05, 4.69) is 24.4 Å². The van der Waals surface area contributed by atoms with E-state index in [1.807, 2.05) is 18.2 Å².